The fourth-order valence-corrected chi connectivity index (χ4v) is 2.72. The summed E-state index contributed by atoms with van der Waals surface area (Å²) >= 11 is 0. The molecule has 0 bridgehead atoms. The minimum absolute atomic E-state index is 0.389. The number of aryl methyl sites for hydroxylation is 1. The molecule has 1 fully saturated rings. The maximum atomic E-state index is 10.3. The number of hydrogen-bond acceptors (Lipinski definition) is 3. The van der Waals surface area contributed by atoms with Crippen LogP contribution in [-0.4, -0.2) is 20.1 Å². The van der Waals surface area contributed by atoms with Crippen molar-refractivity contribution in [3.63, 3.8) is 0 Å². The summed E-state index contributed by atoms with van der Waals surface area (Å²) < 4.78 is 1.68. The number of hydrogen-bond donors (Lipinski definition) is 1. The van der Waals surface area contributed by atoms with Gasteiger partial charge in [-0.05, 0) is 24.7 Å². The Morgan fingerprint density at radius 1 is 1.44 bits per heavy atom. The molecule has 1 unspecified atom stereocenters. The number of nitrogens with zero attached hydrogens (tertiary/aromatic N) is 3. The Bertz CT molecular complexity index is 329. The molecule has 1 aromatic rings. The maximum Gasteiger partial charge on any atom is 0.100 e. The Morgan fingerprint density at radius 2 is 2.12 bits per heavy atom. The van der Waals surface area contributed by atoms with Crippen molar-refractivity contribution >= 4 is 0 Å². The first-order valence-corrected chi connectivity index (χ1v) is 6.25. The molecule has 0 radical (unpaired) electrons. The van der Waals surface area contributed by atoms with E-state index in [2.05, 4.69) is 17.2 Å². The molecule has 2 rings (SSSR count). The van der Waals surface area contributed by atoms with Gasteiger partial charge in [-0.2, -0.15) is 0 Å². The third kappa shape index (κ3) is 2.26. The molecule has 0 aliphatic heterocycles. The fourth-order valence-electron chi connectivity index (χ4n) is 2.72. The highest BCUT2D eigenvalue weighted by atomic mass is 16.3. The highest BCUT2D eigenvalue weighted by Crippen LogP contribution is 2.37. The van der Waals surface area contributed by atoms with Crippen LogP contribution in [0.15, 0.2) is 6.20 Å². The van der Waals surface area contributed by atoms with Gasteiger partial charge in [0.05, 0.1) is 11.9 Å². The van der Waals surface area contributed by atoms with Crippen LogP contribution in [0.5, 0.6) is 0 Å². The van der Waals surface area contributed by atoms with E-state index < -0.39 is 6.10 Å². The van der Waals surface area contributed by atoms with Crippen LogP contribution in [0.1, 0.15) is 50.8 Å². The molecule has 1 aliphatic carbocycles. The van der Waals surface area contributed by atoms with Crippen LogP contribution in [0.25, 0.3) is 0 Å². The summed E-state index contributed by atoms with van der Waals surface area (Å²) in [6.45, 7) is 2.26. The van der Waals surface area contributed by atoms with Gasteiger partial charge in [-0.3, -0.25) is 0 Å². The molecule has 1 atom stereocenters. The van der Waals surface area contributed by atoms with Crippen molar-refractivity contribution in [3.05, 3.63) is 11.9 Å². The van der Waals surface area contributed by atoms with Crippen molar-refractivity contribution in [1.29, 1.82) is 0 Å². The lowest BCUT2D eigenvalue weighted by Crippen LogP contribution is -2.21. The maximum absolute atomic E-state index is 10.3. The van der Waals surface area contributed by atoms with Gasteiger partial charge in [0.2, 0.25) is 0 Å². The molecule has 90 valence electrons. The number of aliphatic hydroxyl groups excluding tert-OH is 1. The lowest BCUT2D eigenvalue weighted by Gasteiger charge is -2.30. The smallest absolute Gasteiger partial charge is 0.100 e. The topological polar surface area (TPSA) is 50.9 Å². The van der Waals surface area contributed by atoms with Gasteiger partial charge in [-0.15, -0.1) is 5.10 Å². The third-order valence-corrected chi connectivity index (χ3v) is 3.97. The summed E-state index contributed by atoms with van der Waals surface area (Å²) in [5, 5.41) is 18.0. The molecule has 16 heavy (non-hydrogen) atoms. The first kappa shape index (κ1) is 11.6. The zero-order chi connectivity index (χ0) is 11.5. The lowest BCUT2D eigenvalue weighted by atomic mass is 9.78. The Kier molecular flexibility index (Phi) is 3.59. The first-order valence-electron chi connectivity index (χ1n) is 6.25. The highest BCUT2D eigenvalue weighted by molar-refractivity contribution is 5.01. The molecule has 1 aromatic heterocycles. The molecule has 0 aromatic carbocycles. The summed E-state index contributed by atoms with van der Waals surface area (Å²) in [4.78, 5) is 0. The minimum Gasteiger partial charge on any atom is -0.386 e. The van der Waals surface area contributed by atoms with Crippen molar-refractivity contribution in [2.75, 3.05) is 0 Å². The second-order valence-corrected chi connectivity index (χ2v) is 4.92. The van der Waals surface area contributed by atoms with Gasteiger partial charge in [0, 0.05) is 7.05 Å². The number of aliphatic hydroxyl groups is 1. The van der Waals surface area contributed by atoms with E-state index in [0.29, 0.717) is 5.92 Å². The molecule has 0 amide bonds. The SMILES string of the molecule is CCC1CCC(C(O)c2cnnn2C)CC1. The van der Waals surface area contributed by atoms with E-state index >= 15 is 0 Å². The molecule has 4 heteroatoms. The Morgan fingerprint density at radius 3 is 2.62 bits per heavy atom. The summed E-state index contributed by atoms with van der Waals surface area (Å²) in [5.41, 5.74) is 0.847. The van der Waals surface area contributed by atoms with Crippen molar-refractivity contribution in [2.24, 2.45) is 18.9 Å². The zero-order valence-electron chi connectivity index (χ0n) is 10.1. The monoisotopic (exact) mass is 223 g/mol. The average Bonchev–Trinajstić information content (AvgIpc) is 2.75. The van der Waals surface area contributed by atoms with E-state index in [1.165, 1.54) is 19.3 Å². The predicted molar refractivity (Wildman–Crippen MR) is 61.7 cm³/mol. The fraction of sp³-hybridized carbons (Fsp3) is 0.833. The molecule has 0 saturated heterocycles. The van der Waals surface area contributed by atoms with E-state index in [0.717, 1.165) is 24.5 Å². The minimum atomic E-state index is -0.391. The zero-order valence-corrected chi connectivity index (χ0v) is 10.1. The second kappa shape index (κ2) is 4.95. The normalized spacial score (nSPS) is 27.9. The van der Waals surface area contributed by atoms with Crippen LogP contribution in [0.3, 0.4) is 0 Å². The van der Waals surface area contributed by atoms with Gasteiger partial charge in [-0.1, -0.05) is 31.4 Å². The molecule has 4 nitrogen and oxygen atoms in total. The highest BCUT2D eigenvalue weighted by Gasteiger charge is 2.28. The summed E-state index contributed by atoms with van der Waals surface area (Å²) in [6.07, 6.45) is 7.33. The summed E-state index contributed by atoms with van der Waals surface area (Å²) in [5.74, 6) is 1.26. The molecular weight excluding hydrogens is 202 g/mol. The molecule has 1 heterocycles. The van der Waals surface area contributed by atoms with Crippen molar-refractivity contribution in [1.82, 2.24) is 15.0 Å². The summed E-state index contributed by atoms with van der Waals surface area (Å²) in [7, 11) is 1.84. The molecule has 1 N–H and O–H groups in total. The Labute approximate surface area is 96.7 Å². The van der Waals surface area contributed by atoms with Gasteiger partial charge in [0.1, 0.15) is 6.10 Å². The van der Waals surface area contributed by atoms with Crippen LogP contribution in [-0.2, 0) is 7.05 Å². The van der Waals surface area contributed by atoms with Crippen LogP contribution in [0.4, 0.5) is 0 Å². The Balaban J connectivity index is 1.97. The predicted octanol–water partition coefficient (Wildman–Crippen LogP) is 2.06. The Hall–Kier alpha value is -0.900. The van der Waals surface area contributed by atoms with Crippen molar-refractivity contribution in [2.45, 2.75) is 45.1 Å². The van der Waals surface area contributed by atoms with E-state index in [9.17, 15) is 5.11 Å². The molecule has 1 saturated carbocycles. The van der Waals surface area contributed by atoms with Crippen molar-refractivity contribution in [3.8, 4) is 0 Å². The van der Waals surface area contributed by atoms with Crippen LogP contribution < -0.4 is 0 Å². The van der Waals surface area contributed by atoms with Gasteiger partial charge < -0.3 is 5.11 Å². The number of aromatic nitrogens is 3. The van der Waals surface area contributed by atoms with Gasteiger partial charge >= 0.3 is 0 Å². The number of rotatable bonds is 3. The average molecular weight is 223 g/mol. The third-order valence-electron chi connectivity index (χ3n) is 3.97. The van der Waals surface area contributed by atoms with Crippen LogP contribution in [0, 0.1) is 11.8 Å². The van der Waals surface area contributed by atoms with E-state index in [1.807, 2.05) is 7.05 Å². The molecular formula is C12H21N3O. The largest absolute Gasteiger partial charge is 0.386 e. The van der Waals surface area contributed by atoms with E-state index in [4.69, 9.17) is 0 Å². The second-order valence-electron chi connectivity index (χ2n) is 4.92. The lowest BCUT2D eigenvalue weighted by molar-refractivity contribution is 0.0665. The van der Waals surface area contributed by atoms with Gasteiger partial charge in [0.15, 0.2) is 0 Å². The van der Waals surface area contributed by atoms with Gasteiger partial charge in [-0.25, -0.2) is 4.68 Å². The van der Waals surface area contributed by atoms with Crippen LogP contribution >= 0.6 is 0 Å². The quantitative estimate of drug-likeness (QED) is 0.853. The van der Waals surface area contributed by atoms with Crippen molar-refractivity contribution < 1.29 is 5.11 Å². The molecule has 1 aliphatic rings. The molecule has 0 spiro atoms. The standard InChI is InChI=1S/C12H21N3O/c1-3-9-4-6-10(7-5-9)12(16)11-8-13-14-15(11)2/h8-10,12,16H,3-7H2,1-2H3. The van der Waals surface area contributed by atoms with Crippen LogP contribution in [0.2, 0.25) is 0 Å². The first-order chi connectivity index (χ1) is 7.72. The van der Waals surface area contributed by atoms with Gasteiger partial charge in [0.25, 0.3) is 0 Å². The van der Waals surface area contributed by atoms with E-state index in [-0.39, 0.29) is 0 Å². The van der Waals surface area contributed by atoms with E-state index in [1.54, 1.807) is 10.9 Å². The summed E-state index contributed by atoms with van der Waals surface area (Å²) in [6, 6.07) is 0.